The zero-order chi connectivity index (χ0) is 25.8. The van der Waals surface area contributed by atoms with Crippen molar-refractivity contribution >= 4 is 44.5 Å². The Balaban J connectivity index is 1.02. The van der Waals surface area contributed by atoms with Crippen LogP contribution in [-0.2, 0) is 0 Å². The lowest BCUT2D eigenvalue weighted by atomic mass is 9.90. The molecule has 0 spiro atoms. The highest BCUT2D eigenvalue weighted by Crippen LogP contribution is 2.43. The third-order valence-corrected chi connectivity index (χ3v) is 7.78. The number of benzene rings is 5. The van der Waals surface area contributed by atoms with Crippen LogP contribution < -0.4 is 10.1 Å². The number of rotatable bonds is 4. The number of anilines is 2. The van der Waals surface area contributed by atoms with E-state index < -0.39 is 0 Å². The van der Waals surface area contributed by atoms with Gasteiger partial charge in [0.1, 0.15) is 23.0 Å². The Bertz CT molecular complexity index is 1920. The number of para-hydroxylation sites is 3. The zero-order valence-electron chi connectivity index (χ0n) is 21.2. The van der Waals surface area contributed by atoms with Crippen LogP contribution in [0.4, 0.5) is 11.4 Å². The summed E-state index contributed by atoms with van der Waals surface area (Å²) in [6.07, 6.45) is 5.59. The number of hydrogen-bond donors (Lipinski definition) is 1. The molecular weight excluding hydrogens is 478 g/mol. The molecule has 0 amide bonds. The molecule has 3 nitrogen and oxygen atoms in total. The summed E-state index contributed by atoms with van der Waals surface area (Å²) in [5.74, 6) is 0.989. The van der Waals surface area contributed by atoms with Crippen molar-refractivity contribution in [2.75, 3.05) is 5.32 Å². The summed E-state index contributed by atoms with van der Waals surface area (Å²) >= 11 is 0. The van der Waals surface area contributed by atoms with Crippen molar-refractivity contribution in [2.24, 2.45) is 0 Å². The number of furan rings is 1. The second-order valence-corrected chi connectivity index (χ2v) is 10.2. The van der Waals surface area contributed by atoms with Crippen molar-refractivity contribution in [3.05, 3.63) is 139 Å². The summed E-state index contributed by atoms with van der Waals surface area (Å²) in [7, 11) is 0. The fourth-order valence-electron chi connectivity index (χ4n) is 5.83. The van der Waals surface area contributed by atoms with Crippen LogP contribution in [0.3, 0.4) is 0 Å². The van der Waals surface area contributed by atoms with Gasteiger partial charge in [-0.05, 0) is 59.2 Å². The highest BCUT2D eigenvalue weighted by molar-refractivity contribution is 6.09. The summed E-state index contributed by atoms with van der Waals surface area (Å²) in [6, 6.07) is 40.1. The number of hydrogen-bond acceptors (Lipinski definition) is 3. The molecule has 1 unspecified atom stereocenters. The predicted octanol–water partition coefficient (Wildman–Crippen LogP) is 9.63. The van der Waals surface area contributed by atoms with E-state index in [2.05, 4.69) is 115 Å². The summed E-state index contributed by atoms with van der Waals surface area (Å²) in [5, 5.41) is 5.84. The third kappa shape index (κ3) is 3.74. The Kier molecular flexibility index (Phi) is 4.95. The number of ether oxygens (including phenoxy) is 1. The fourth-order valence-corrected chi connectivity index (χ4v) is 5.83. The van der Waals surface area contributed by atoms with E-state index in [0.29, 0.717) is 0 Å². The fraction of sp³-hybridized carbons (Fsp3) is 0.0556. The standard InChI is InChI=1S/C36H25NO2/c1-4-11-34-29(6-1)31-9-5-8-28(36(31)39-34)24-14-19-27(20-15-24)37-26-17-12-23(13-18-26)25-16-21-35-32(22-25)30-7-2-3-10-33(30)38-35/h1-20,22,35,37H,21H2. The molecular formula is C36H25NO2. The van der Waals surface area contributed by atoms with Gasteiger partial charge in [-0.15, -0.1) is 0 Å². The van der Waals surface area contributed by atoms with Crippen LogP contribution in [0.5, 0.6) is 5.75 Å². The van der Waals surface area contributed by atoms with E-state index in [1.54, 1.807) is 0 Å². The lowest BCUT2D eigenvalue weighted by Gasteiger charge is -2.17. The molecule has 1 aliphatic carbocycles. The molecule has 1 atom stereocenters. The molecule has 0 saturated carbocycles. The van der Waals surface area contributed by atoms with E-state index in [0.717, 1.165) is 56.6 Å². The van der Waals surface area contributed by atoms with E-state index in [1.807, 2.05) is 18.2 Å². The summed E-state index contributed by atoms with van der Waals surface area (Å²) in [6.45, 7) is 0. The van der Waals surface area contributed by atoms with E-state index in [4.69, 9.17) is 9.15 Å². The van der Waals surface area contributed by atoms with Crippen molar-refractivity contribution in [3.8, 4) is 16.9 Å². The molecule has 6 aromatic rings. The van der Waals surface area contributed by atoms with Crippen molar-refractivity contribution in [2.45, 2.75) is 12.5 Å². The van der Waals surface area contributed by atoms with E-state index in [1.165, 1.54) is 22.3 Å². The maximum atomic E-state index is 6.23. The Morgan fingerprint density at radius 2 is 1.31 bits per heavy atom. The first-order valence-electron chi connectivity index (χ1n) is 13.4. The van der Waals surface area contributed by atoms with Crippen LogP contribution in [0.25, 0.3) is 44.2 Å². The minimum Gasteiger partial charge on any atom is -0.485 e. The van der Waals surface area contributed by atoms with Gasteiger partial charge in [0.15, 0.2) is 0 Å². The number of fused-ring (bicyclic) bond motifs is 6. The molecule has 186 valence electrons. The quantitative estimate of drug-likeness (QED) is 0.260. The lowest BCUT2D eigenvalue weighted by Crippen LogP contribution is -2.13. The van der Waals surface area contributed by atoms with Gasteiger partial charge in [0.2, 0.25) is 0 Å². The predicted molar refractivity (Wildman–Crippen MR) is 160 cm³/mol. The Morgan fingerprint density at radius 3 is 2.15 bits per heavy atom. The second kappa shape index (κ2) is 8.78. The molecule has 0 bridgehead atoms. The van der Waals surface area contributed by atoms with Crippen LogP contribution in [0.15, 0.2) is 132 Å². The first kappa shape index (κ1) is 22.0. The first-order chi connectivity index (χ1) is 19.3. The topological polar surface area (TPSA) is 34.4 Å². The SMILES string of the molecule is C1=C(c2ccc(Nc3ccc(-c4cccc5c4oc4ccccc45)cc3)cc2)C=C2c3ccccc3OC2C1. The van der Waals surface area contributed by atoms with Gasteiger partial charge in [0.05, 0.1) is 0 Å². The molecule has 3 heteroatoms. The highest BCUT2D eigenvalue weighted by Gasteiger charge is 2.29. The van der Waals surface area contributed by atoms with Gasteiger partial charge in [-0.3, -0.25) is 0 Å². The van der Waals surface area contributed by atoms with Crippen molar-refractivity contribution in [1.29, 1.82) is 0 Å². The number of nitrogens with one attached hydrogen (secondary N) is 1. The van der Waals surface area contributed by atoms with Crippen LogP contribution >= 0.6 is 0 Å². The molecule has 2 heterocycles. The van der Waals surface area contributed by atoms with E-state index >= 15 is 0 Å². The molecule has 1 aromatic heterocycles. The van der Waals surface area contributed by atoms with Crippen molar-refractivity contribution in [3.63, 3.8) is 0 Å². The van der Waals surface area contributed by atoms with Gasteiger partial charge in [0.25, 0.3) is 0 Å². The summed E-state index contributed by atoms with van der Waals surface area (Å²) in [5.41, 5.74) is 11.1. The molecule has 0 radical (unpaired) electrons. The van der Waals surface area contributed by atoms with Gasteiger partial charge >= 0.3 is 0 Å². The molecule has 0 fully saturated rings. The molecule has 2 aliphatic rings. The number of allylic oxidation sites excluding steroid dienone is 2. The minimum atomic E-state index is 0.133. The second-order valence-electron chi connectivity index (χ2n) is 10.2. The largest absolute Gasteiger partial charge is 0.485 e. The molecule has 39 heavy (non-hydrogen) atoms. The monoisotopic (exact) mass is 503 g/mol. The van der Waals surface area contributed by atoms with E-state index in [-0.39, 0.29) is 6.10 Å². The molecule has 1 aliphatic heterocycles. The normalized spacial score (nSPS) is 15.8. The maximum Gasteiger partial charge on any atom is 0.143 e. The minimum absolute atomic E-state index is 0.133. The maximum absolute atomic E-state index is 6.23. The summed E-state index contributed by atoms with van der Waals surface area (Å²) < 4.78 is 12.4. The smallest absolute Gasteiger partial charge is 0.143 e. The molecule has 1 N–H and O–H groups in total. The Hall–Kier alpha value is -5.02. The van der Waals surface area contributed by atoms with Gasteiger partial charge in [-0.2, -0.15) is 0 Å². The van der Waals surface area contributed by atoms with Crippen LogP contribution in [0.1, 0.15) is 17.5 Å². The van der Waals surface area contributed by atoms with Crippen LogP contribution in [0, 0.1) is 0 Å². The van der Waals surface area contributed by atoms with Gasteiger partial charge < -0.3 is 14.5 Å². The average molecular weight is 504 g/mol. The van der Waals surface area contributed by atoms with Crippen LogP contribution in [0.2, 0.25) is 0 Å². The lowest BCUT2D eigenvalue weighted by molar-refractivity contribution is 0.279. The van der Waals surface area contributed by atoms with Crippen molar-refractivity contribution in [1.82, 2.24) is 0 Å². The van der Waals surface area contributed by atoms with Gasteiger partial charge in [0, 0.05) is 45.3 Å². The molecule has 8 rings (SSSR count). The van der Waals surface area contributed by atoms with Crippen LogP contribution in [-0.4, -0.2) is 6.10 Å². The summed E-state index contributed by atoms with van der Waals surface area (Å²) in [4.78, 5) is 0. The zero-order valence-corrected chi connectivity index (χ0v) is 21.2. The Morgan fingerprint density at radius 1 is 0.615 bits per heavy atom. The average Bonchev–Trinajstić information content (AvgIpc) is 3.56. The first-order valence-corrected chi connectivity index (χ1v) is 13.4. The molecule has 0 saturated heterocycles. The third-order valence-electron chi connectivity index (χ3n) is 7.78. The van der Waals surface area contributed by atoms with Gasteiger partial charge in [-0.25, -0.2) is 0 Å². The van der Waals surface area contributed by atoms with Gasteiger partial charge in [-0.1, -0.05) is 84.9 Å². The highest BCUT2D eigenvalue weighted by atomic mass is 16.5. The van der Waals surface area contributed by atoms with Crippen molar-refractivity contribution < 1.29 is 9.15 Å². The van der Waals surface area contributed by atoms with E-state index in [9.17, 15) is 0 Å². The Labute approximate surface area is 226 Å². The molecule has 5 aromatic carbocycles.